The Morgan fingerprint density at radius 2 is 1.85 bits per heavy atom. The number of carbonyl (C=O) groups excluding carboxylic acids is 1. The third-order valence-electron chi connectivity index (χ3n) is 5.31. The summed E-state index contributed by atoms with van der Waals surface area (Å²) in [7, 11) is 1.63. The summed E-state index contributed by atoms with van der Waals surface area (Å²) in [6, 6.07) is 11.7. The lowest BCUT2D eigenvalue weighted by molar-refractivity contribution is -0.119. The summed E-state index contributed by atoms with van der Waals surface area (Å²) in [6.07, 6.45) is 6.13. The van der Waals surface area contributed by atoms with E-state index in [2.05, 4.69) is 32.7 Å². The summed E-state index contributed by atoms with van der Waals surface area (Å²) in [4.78, 5) is 16.5. The van der Waals surface area contributed by atoms with Crippen LogP contribution in [0.2, 0.25) is 0 Å². The number of hydrogen-bond donors (Lipinski definition) is 1. The summed E-state index contributed by atoms with van der Waals surface area (Å²) in [5, 5.41) is 11.3. The summed E-state index contributed by atoms with van der Waals surface area (Å²) >= 11 is 0. The third-order valence-corrected chi connectivity index (χ3v) is 5.31. The van der Waals surface area contributed by atoms with E-state index in [9.17, 15) is 4.79 Å². The second-order valence-corrected chi connectivity index (χ2v) is 6.99. The molecule has 1 N–H and O–H groups in total. The van der Waals surface area contributed by atoms with Crippen LogP contribution in [-0.2, 0) is 11.2 Å². The van der Waals surface area contributed by atoms with Crippen LogP contribution in [0.25, 0.3) is 0 Å². The van der Waals surface area contributed by atoms with Crippen molar-refractivity contribution < 1.29 is 9.53 Å². The van der Waals surface area contributed by atoms with E-state index in [4.69, 9.17) is 4.74 Å². The molecular formula is C21H22N4O2. The van der Waals surface area contributed by atoms with Crippen LogP contribution in [0, 0.1) is 5.92 Å². The number of azo groups is 1. The molecule has 2 heterocycles. The minimum absolute atomic E-state index is 0.0708. The fourth-order valence-corrected chi connectivity index (χ4v) is 3.66. The normalized spacial score (nSPS) is 21.1. The van der Waals surface area contributed by atoms with Gasteiger partial charge in [-0.05, 0) is 60.1 Å². The van der Waals surface area contributed by atoms with Gasteiger partial charge in [0, 0.05) is 18.0 Å². The van der Waals surface area contributed by atoms with Crippen LogP contribution >= 0.6 is 0 Å². The Kier molecular flexibility index (Phi) is 4.96. The largest absolute Gasteiger partial charge is 0.497 e. The highest BCUT2D eigenvalue weighted by Crippen LogP contribution is 2.46. The lowest BCUT2D eigenvalue weighted by atomic mass is 9.68. The van der Waals surface area contributed by atoms with Crippen molar-refractivity contribution in [3.05, 3.63) is 71.3 Å². The van der Waals surface area contributed by atoms with E-state index in [1.54, 1.807) is 7.11 Å². The SMILES string of the molecule is COc1ccc(CC(=O)NC2=C(C3CC(c4ccncc4)C3)CN=N2)cc1. The second-order valence-electron chi connectivity index (χ2n) is 6.99. The Hall–Kier alpha value is -3.02. The zero-order valence-corrected chi connectivity index (χ0v) is 15.3. The standard InChI is InChI=1S/C21H22N4O2/c1-27-18-4-2-14(3-5-18)10-20(26)24-21-19(13-23-25-21)17-11-16(12-17)15-6-8-22-9-7-15/h2-9,16-17H,10-13H2,1H3,(H,24,26). The lowest BCUT2D eigenvalue weighted by Crippen LogP contribution is -2.29. The molecule has 27 heavy (non-hydrogen) atoms. The molecule has 6 heteroatoms. The molecule has 1 saturated carbocycles. The Morgan fingerprint density at radius 3 is 2.56 bits per heavy atom. The van der Waals surface area contributed by atoms with Crippen molar-refractivity contribution in [3.63, 3.8) is 0 Å². The second kappa shape index (κ2) is 7.70. The summed E-state index contributed by atoms with van der Waals surface area (Å²) in [5.74, 6) is 2.35. The van der Waals surface area contributed by atoms with Gasteiger partial charge in [0.2, 0.25) is 5.91 Å². The minimum atomic E-state index is -0.0708. The van der Waals surface area contributed by atoms with Crippen LogP contribution in [0.1, 0.15) is 29.9 Å². The molecule has 6 nitrogen and oxygen atoms in total. The van der Waals surface area contributed by atoms with E-state index in [0.29, 0.717) is 30.6 Å². The Morgan fingerprint density at radius 1 is 1.11 bits per heavy atom. The van der Waals surface area contributed by atoms with E-state index >= 15 is 0 Å². The Bertz CT molecular complexity index is 869. The van der Waals surface area contributed by atoms with Crippen molar-refractivity contribution >= 4 is 5.91 Å². The van der Waals surface area contributed by atoms with Gasteiger partial charge in [-0.25, -0.2) is 0 Å². The van der Waals surface area contributed by atoms with Crippen molar-refractivity contribution in [2.75, 3.05) is 13.7 Å². The molecule has 0 spiro atoms. The number of hydrogen-bond acceptors (Lipinski definition) is 5. The van der Waals surface area contributed by atoms with Crippen LogP contribution in [0.15, 0.2) is 70.4 Å². The molecule has 1 amide bonds. The van der Waals surface area contributed by atoms with Gasteiger partial charge in [-0.15, -0.1) is 5.11 Å². The first-order chi connectivity index (χ1) is 13.2. The molecule has 0 radical (unpaired) electrons. The van der Waals surface area contributed by atoms with Gasteiger partial charge in [0.15, 0.2) is 5.82 Å². The van der Waals surface area contributed by atoms with Gasteiger partial charge >= 0.3 is 0 Å². The summed E-state index contributed by atoms with van der Waals surface area (Å²) in [5.41, 5.74) is 3.42. The summed E-state index contributed by atoms with van der Waals surface area (Å²) < 4.78 is 5.14. The van der Waals surface area contributed by atoms with E-state index in [0.717, 1.165) is 29.7 Å². The van der Waals surface area contributed by atoms with Gasteiger partial charge in [-0.1, -0.05) is 12.1 Å². The number of rotatable bonds is 6. The topological polar surface area (TPSA) is 75.9 Å². The molecule has 4 rings (SSSR count). The molecule has 0 unspecified atom stereocenters. The number of methoxy groups -OCH3 is 1. The number of ether oxygens (including phenoxy) is 1. The average Bonchev–Trinajstić information content (AvgIpc) is 3.09. The van der Waals surface area contributed by atoms with Crippen molar-refractivity contribution in [1.82, 2.24) is 10.3 Å². The average molecular weight is 362 g/mol. The van der Waals surface area contributed by atoms with Crippen LogP contribution in [-0.4, -0.2) is 24.5 Å². The first-order valence-corrected chi connectivity index (χ1v) is 9.16. The smallest absolute Gasteiger partial charge is 0.229 e. The van der Waals surface area contributed by atoms with Gasteiger partial charge in [-0.2, -0.15) is 5.11 Å². The van der Waals surface area contributed by atoms with E-state index in [1.807, 2.05) is 36.7 Å². The van der Waals surface area contributed by atoms with Gasteiger partial charge in [-0.3, -0.25) is 9.78 Å². The highest BCUT2D eigenvalue weighted by Gasteiger charge is 2.35. The molecule has 1 aliphatic carbocycles. The van der Waals surface area contributed by atoms with Crippen molar-refractivity contribution in [3.8, 4) is 5.75 Å². The maximum Gasteiger partial charge on any atom is 0.229 e. The summed E-state index contributed by atoms with van der Waals surface area (Å²) in [6.45, 7) is 0.589. The molecule has 1 fully saturated rings. The fourth-order valence-electron chi connectivity index (χ4n) is 3.66. The third kappa shape index (κ3) is 3.89. The zero-order valence-electron chi connectivity index (χ0n) is 15.3. The van der Waals surface area contributed by atoms with E-state index in [-0.39, 0.29) is 5.91 Å². The number of aromatic nitrogens is 1. The van der Waals surface area contributed by atoms with Crippen LogP contribution in [0.3, 0.4) is 0 Å². The molecular weight excluding hydrogens is 340 g/mol. The first-order valence-electron chi connectivity index (χ1n) is 9.16. The minimum Gasteiger partial charge on any atom is -0.497 e. The van der Waals surface area contributed by atoms with Crippen LogP contribution in [0.4, 0.5) is 0 Å². The van der Waals surface area contributed by atoms with Gasteiger partial charge < -0.3 is 10.1 Å². The fraction of sp³-hybridized carbons (Fsp3) is 0.333. The van der Waals surface area contributed by atoms with Gasteiger partial charge in [0.05, 0.1) is 20.1 Å². The molecule has 1 aliphatic heterocycles. The first kappa shape index (κ1) is 17.4. The van der Waals surface area contributed by atoms with Gasteiger partial charge in [0.1, 0.15) is 5.75 Å². The molecule has 1 aromatic carbocycles. The molecule has 2 aliphatic rings. The molecule has 2 aromatic rings. The monoisotopic (exact) mass is 362 g/mol. The lowest BCUT2D eigenvalue weighted by Gasteiger charge is -2.36. The van der Waals surface area contributed by atoms with Gasteiger partial charge in [0.25, 0.3) is 0 Å². The van der Waals surface area contributed by atoms with E-state index < -0.39 is 0 Å². The predicted octanol–water partition coefficient (Wildman–Crippen LogP) is 3.62. The highest BCUT2D eigenvalue weighted by molar-refractivity contribution is 5.80. The number of benzene rings is 1. The van der Waals surface area contributed by atoms with Crippen LogP contribution in [0.5, 0.6) is 5.75 Å². The molecule has 1 aromatic heterocycles. The maximum atomic E-state index is 12.4. The number of pyridine rings is 1. The number of amides is 1. The van der Waals surface area contributed by atoms with Crippen molar-refractivity contribution in [2.45, 2.75) is 25.2 Å². The van der Waals surface area contributed by atoms with Crippen molar-refractivity contribution in [2.24, 2.45) is 16.1 Å². The zero-order chi connectivity index (χ0) is 18.6. The molecule has 0 saturated heterocycles. The van der Waals surface area contributed by atoms with Crippen molar-refractivity contribution in [1.29, 1.82) is 0 Å². The Labute approximate surface area is 158 Å². The number of nitrogens with zero attached hydrogens (tertiary/aromatic N) is 3. The Balaban J connectivity index is 1.36. The maximum absolute atomic E-state index is 12.4. The number of nitrogens with one attached hydrogen (secondary N) is 1. The number of carbonyl (C=O) groups is 1. The molecule has 0 atom stereocenters. The van der Waals surface area contributed by atoms with E-state index in [1.165, 1.54) is 5.56 Å². The van der Waals surface area contributed by atoms with Crippen LogP contribution < -0.4 is 10.1 Å². The molecule has 0 bridgehead atoms. The molecule has 138 valence electrons. The predicted molar refractivity (Wildman–Crippen MR) is 101 cm³/mol. The quantitative estimate of drug-likeness (QED) is 0.853. The highest BCUT2D eigenvalue weighted by atomic mass is 16.5.